The van der Waals surface area contributed by atoms with E-state index in [4.69, 9.17) is 28.4 Å². The number of hydrogen-bond donors (Lipinski definition) is 2. The van der Waals surface area contributed by atoms with Gasteiger partial charge in [-0.3, -0.25) is 0 Å². The minimum Gasteiger partial charge on any atom is -0.462 e. The normalized spacial score (nSPS) is 10.8. The first-order valence-corrected chi connectivity index (χ1v) is 12.5. The molecule has 210 valence electrons. The average molecular weight is 537 g/mol. The Morgan fingerprint density at radius 1 is 0.553 bits per heavy atom. The Morgan fingerprint density at radius 2 is 0.868 bits per heavy atom. The van der Waals surface area contributed by atoms with Gasteiger partial charge in [-0.2, -0.15) is 0 Å². The maximum atomic E-state index is 13.2. The van der Waals surface area contributed by atoms with Crippen molar-refractivity contribution in [2.24, 2.45) is 0 Å². The second-order valence-electron chi connectivity index (χ2n) is 7.82. The van der Waals surface area contributed by atoms with Crippen LogP contribution in [0.1, 0.15) is 80.5 Å². The van der Waals surface area contributed by atoms with Crippen molar-refractivity contribution in [3.63, 3.8) is 0 Å². The molecule has 0 amide bonds. The first-order valence-electron chi connectivity index (χ1n) is 12.5. The van der Waals surface area contributed by atoms with E-state index in [0.717, 1.165) is 0 Å². The van der Waals surface area contributed by atoms with E-state index in [9.17, 15) is 19.2 Å². The lowest BCUT2D eigenvalue weighted by Gasteiger charge is -2.09. The zero-order valence-electron chi connectivity index (χ0n) is 22.7. The van der Waals surface area contributed by atoms with Crippen LogP contribution in [-0.4, -0.2) is 87.7 Å². The molecular weight excluding hydrogens is 500 g/mol. The summed E-state index contributed by atoms with van der Waals surface area (Å²) in [5.74, 6) is -2.88. The summed E-state index contributed by atoms with van der Waals surface area (Å²) in [5.41, 5.74) is 0.730. The van der Waals surface area contributed by atoms with Gasteiger partial charge in [0.05, 0.1) is 62.2 Å². The van der Waals surface area contributed by atoms with E-state index in [1.807, 2.05) is 0 Å². The minimum absolute atomic E-state index is 0.00230. The van der Waals surface area contributed by atoms with Gasteiger partial charge in [0.1, 0.15) is 11.4 Å². The number of hydrogen-bond acceptors (Lipinski definition) is 10. The molecule has 2 aromatic rings. The molecule has 0 radical (unpaired) electrons. The SMILES string of the molecule is CCOC(=O)c1[nH]c(-c2[nH]c(C(=O)OCC)c(CCOC)c2C(=O)OCC)c(C(=O)OCC)c1CCOC. The molecule has 38 heavy (non-hydrogen) atoms. The first kappa shape index (κ1) is 30.6. The van der Waals surface area contributed by atoms with E-state index in [2.05, 4.69) is 9.97 Å². The van der Waals surface area contributed by atoms with E-state index in [0.29, 0.717) is 11.1 Å². The van der Waals surface area contributed by atoms with Crippen LogP contribution in [0.15, 0.2) is 0 Å². The van der Waals surface area contributed by atoms with E-state index < -0.39 is 23.9 Å². The Bertz CT molecular complexity index is 1040. The molecule has 2 heterocycles. The maximum Gasteiger partial charge on any atom is 0.355 e. The van der Waals surface area contributed by atoms with Gasteiger partial charge in [-0.25, -0.2) is 19.2 Å². The molecule has 0 fully saturated rings. The number of H-pyrrole nitrogens is 2. The summed E-state index contributed by atoms with van der Waals surface area (Å²) in [6, 6.07) is 0. The second kappa shape index (κ2) is 14.9. The highest BCUT2D eigenvalue weighted by molar-refractivity contribution is 6.08. The number of nitrogens with one attached hydrogen (secondary N) is 2. The van der Waals surface area contributed by atoms with E-state index >= 15 is 0 Å². The Kier molecular flexibility index (Phi) is 12.0. The number of carbonyl (C=O) groups excluding carboxylic acids is 4. The van der Waals surface area contributed by atoms with Gasteiger partial charge in [-0.05, 0) is 40.5 Å². The number of ether oxygens (including phenoxy) is 6. The van der Waals surface area contributed by atoms with Crippen molar-refractivity contribution < 1.29 is 47.6 Å². The molecule has 0 aliphatic heterocycles. The predicted octanol–water partition coefficient (Wildman–Crippen LogP) is 3.09. The molecule has 0 atom stereocenters. The maximum absolute atomic E-state index is 13.2. The third-order valence-electron chi connectivity index (χ3n) is 5.49. The molecule has 0 aliphatic carbocycles. The Hall–Kier alpha value is -3.64. The highest BCUT2D eigenvalue weighted by Crippen LogP contribution is 2.35. The number of carbonyl (C=O) groups is 4. The summed E-state index contributed by atoms with van der Waals surface area (Å²) in [6.07, 6.45) is 0.317. The highest BCUT2D eigenvalue weighted by atomic mass is 16.5. The lowest BCUT2D eigenvalue weighted by molar-refractivity contribution is 0.0503. The van der Waals surface area contributed by atoms with Crippen LogP contribution < -0.4 is 0 Å². The van der Waals surface area contributed by atoms with Crippen LogP contribution in [0.4, 0.5) is 0 Å². The van der Waals surface area contributed by atoms with Crippen LogP contribution in [0.25, 0.3) is 11.4 Å². The highest BCUT2D eigenvalue weighted by Gasteiger charge is 2.35. The summed E-state index contributed by atoms with van der Waals surface area (Å²) in [7, 11) is 2.97. The van der Waals surface area contributed by atoms with Crippen molar-refractivity contribution >= 4 is 23.9 Å². The molecule has 2 rings (SSSR count). The molecule has 2 aromatic heterocycles. The molecule has 0 aliphatic rings. The third-order valence-corrected chi connectivity index (χ3v) is 5.49. The molecule has 0 saturated carbocycles. The van der Waals surface area contributed by atoms with Gasteiger partial charge in [0.25, 0.3) is 0 Å². The molecule has 0 aromatic carbocycles. The molecule has 12 nitrogen and oxygen atoms in total. The van der Waals surface area contributed by atoms with Crippen LogP contribution in [0.2, 0.25) is 0 Å². The predicted molar refractivity (Wildman–Crippen MR) is 136 cm³/mol. The molecule has 0 unspecified atom stereocenters. The summed E-state index contributed by atoms with van der Waals surface area (Å²) in [5, 5.41) is 0. The fourth-order valence-electron chi connectivity index (χ4n) is 3.97. The van der Waals surface area contributed by atoms with Gasteiger partial charge in [0.15, 0.2) is 0 Å². The number of rotatable bonds is 15. The number of aromatic nitrogens is 2. The summed E-state index contributed by atoms with van der Waals surface area (Å²) >= 11 is 0. The van der Waals surface area contributed by atoms with Gasteiger partial charge < -0.3 is 38.4 Å². The largest absolute Gasteiger partial charge is 0.462 e. The summed E-state index contributed by atoms with van der Waals surface area (Å²) in [6.45, 7) is 7.26. The first-order chi connectivity index (χ1) is 18.3. The zero-order valence-corrected chi connectivity index (χ0v) is 22.7. The molecule has 2 N–H and O–H groups in total. The lowest BCUT2D eigenvalue weighted by Crippen LogP contribution is -2.13. The van der Waals surface area contributed by atoms with Gasteiger partial charge in [-0.15, -0.1) is 0 Å². The number of aromatic amines is 2. The second-order valence-corrected chi connectivity index (χ2v) is 7.82. The van der Waals surface area contributed by atoms with Crippen LogP contribution in [0.5, 0.6) is 0 Å². The van der Waals surface area contributed by atoms with Gasteiger partial charge in [-0.1, -0.05) is 0 Å². The quantitative estimate of drug-likeness (QED) is 0.256. The lowest BCUT2D eigenvalue weighted by atomic mass is 10.00. The topological polar surface area (TPSA) is 155 Å². The van der Waals surface area contributed by atoms with Crippen LogP contribution in [-0.2, 0) is 41.3 Å². The van der Waals surface area contributed by atoms with Crippen molar-refractivity contribution in [3.05, 3.63) is 33.6 Å². The van der Waals surface area contributed by atoms with Crippen molar-refractivity contribution in [1.82, 2.24) is 9.97 Å². The standard InChI is InChI=1S/C26H36N2O10/c1-7-35-23(29)17-15(11-13-33-5)19(25(31)37-9-3)27-21(17)22-18(24(30)36-8-2)16(12-14-34-6)20(28-22)26(32)38-10-4/h27-28H,7-14H2,1-6H3. The van der Waals surface area contributed by atoms with Crippen molar-refractivity contribution in [3.8, 4) is 11.4 Å². The van der Waals surface area contributed by atoms with E-state index in [1.165, 1.54) is 14.2 Å². The van der Waals surface area contributed by atoms with Crippen molar-refractivity contribution in [1.29, 1.82) is 0 Å². The van der Waals surface area contributed by atoms with Crippen LogP contribution >= 0.6 is 0 Å². The van der Waals surface area contributed by atoms with Crippen LogP contribution in [0.3, 0.4) is 0 Å². The van der Waals surface area contributed by atoms with E-state index in [-0.39, 0.29) is 86.4 Å². The summed E-state index contributed by atoms with van der Waals surface area (Å²) < 4.78 is 31.4. The van der Waals surface area contributed by atoms with E-state index in [1.54, 1.807) is 27.7 Å². The fourth-order valence-corrected chi connectivity index (χ4v) is 3.97. The third kappa shape index (κ3) is 6.81. The number of methoxy groups -OCH3 is 2. The van der Waals surface area contributed by atoms with Gasteiger partial charge in [0.2, 0.25) is 0 Å². The minimum atomic E-state index is -0.735. The smallest absolute Gasteiger partial charge is 0.355 e. The van der Waals surface area contributed by atoms with Crippen LogP contribution in [0, 0.1) is 0 Å². The molecule has 0 saturated heterocycles. The molecule has 0 bridgehead atoms. The fraction of sp³-hybridized carbons (Fsp3) is 0.538. The zero-order chi connectivity index (χ0) is 28.2. The van der Waals surface area contributed by atoms with Gasteiger partial charge in [0, 0.05) is 25.3 Å². The molecule has 0 spiro atoms. The Balaban J connectivity index is 2.99. The molecule has 12 heteroatoms. The molecular formula is C26H36N2O10. The number of esters is 4. The van der Waals surface area contributed by atoms with Crippen molar-refractivity contribution in [2.75, 3.05) is 53.9 Å². The Labute approximate surface area is 221 Å². The average Bonchev–Trinajstić information content (AvgIpc) is 3.45. The Morgan fingerprint density at radius 3 is 1.16 bits per heavy atom. The summed E-state index contributed by atoms with van der Waals surface area (Å²) in [4.78, 5) is 58.2. The van der Waals surface area contributed by atoms with Crippen molar-refractivity contribution in [2.45, 2.75) is 40.5 Å². The monoisotopic (exact) mass is 536 g/mol. The van der Waals surface area contributed by atoms with Gasteiger partial charge >= 0.3 is 23.9 Å².